The maximum Gasteiger partial charge on any atom is 0.0409 e. The highest BCUT2D eigenvalue weighted by atomic mass is 35.5. The molecule has 1 nitrogen and oxygen atoms in total. The second-order valence-corrected chi connectivity index (χ2v) is 5.78. The van der Waals surface area contributed by atoms with Crippen LogP contribution >= 0.6 is 11.6 Å². The summed E-state index contributed by atoms with van der Waals surface area (Å²) >= 11 is 6.05. The van der Waals surface area contributed by atoms with E-state index in [1.165, 1.54) is 43.2 Å². The molecule has 2 rings (SSSR count). The Kier molecular flexibility index (Phi) is 4.47. The molecule has 1 saturated carbocycles. The highest BCUT2D eigenvalue weighted by Gasteiger charge is 2.18. The molecule has 1 aromatic rings. The van der Waals surface area contributed by atoms with Crippen LogP contribution in [0.15, 0.2) is 18.2 Å². The summed E-state index contributed by atoms with van der Waals surface area (Å²) in [6.45, 7) is 2.12. The van der Waals surface area contributed by atoms with Gasteiger partial charge in [0.1, 0.15) is 0 Å². The molecular formula is C15H22ClN. The molecule has 0 aliphatic heterocycles. The van der Waals surface area contributed by atoms with E-state index in [4.69, 9.17) is 17.3 Å². The van der Waals surface area contributed by atoms with Gasteiger partial charge in [0.2, 0.25) is 0 Å². The van der Waals surface area contributed by atoms with Crippen molar-refractivity contribution in [3.63, 3.8) is 0 Å². The Morgan fingerprint density at radius 2 is 2.00 bits per heavy atom. The first-order chi connectivity index (χ1) is 8.16. The molecule has 0 spiro atoms. The highest BCUT2D eigenvalue weighted by Crippen LogP contribution is 2.32. The maximum absolute atomic E-state index is 6.34. The van der Waals surface area contributed by atoms with Crippen molar-refractivity contribution in [2.45, 2.75) is 51.5 Å². The summed E-state index contributed by atoms with van der Waals surface area (Å²) in [5.41, 5.74) is 8.82. The van der Waals surface area contributed by atoms with Gasteiger partial charge in [-0.25, -0.2) is 0 Å². The van der Waals surface area contributed by atoms with E-state index in [-0.39, 0.29) is 6.04 Å². The third kappa shape index (κ3) is 3.46. The summed E-state index contributed by atoms with van der Waals surface area (Å²) in [7, 11) is 0. The maximum atomic E-state index is 6.34. The molecule has 94 valence electrons. The van der Waals surface area contributed by atoms with Crippen LogP contribution in [-0.2, 0) is 0 Å². The third-order valence-electron chi connectivity index (χ3n) is 3.95. The molecule has 1 aromatic carbocycles. The van der Waals surface area contributed by atoms with Crippen LogP contribution in [-0.4, -0.2) is 0 Å². The van der Waals surface area contributed by atoms with Gasteiger partial charge in [0.15, 0.2) is 0 Å². The Bertz CT molecular complexity index is 369. The van der Waals surface area contributed by atoms with E-state index in [2.05, 4.69) is 13.0 Å². The van der Waals surface area contributed by atoms with E-state index in [1.54, 1.807) is 0 Å². The highest BCUT2D eigenvalue weighted by molar-refractivity contribution is 6.30. The van der Waals surface area contributed by atoms with Crippen molar-refractivity contribution in [3.05, 3.63) is 34.3 Å². The van der Waals surface area contributed by atoms with Gasteiger partial charge in [-0.1, -0.05) is 49.8 Å². The second-order valence-electron chi connectivity index (χ2n) is 5.35. The van der Waals surface area contributed by atoms with Crippen LogP contribution in [0.25, 0.3) is 0 Å². The fourth-order valence-electron chi connectivity index (χ4n) is 2.92. The molecule has 1 fully saturated rings. The first-order valence-corrected chi connectivity index (χ1v) is 7.06. The van der Waals surface area contributed by atoms with Crippen molar-refractivity contribution >= 4 is 11.6 Å². The lowest BCUT2D eigenvalue weighted by Crippen LogP contribution is -2.18. The molecule has 2 heteroatoms. The molecule has 0 bridgehead atoms. The molecule has 2 N–H and O–H groups in total. The zero-order valence-electron chi connectivity index (χ0n) is 10.6. The monoisotopic (exact) mass is 251 g/mol. The van der Waals surface area contributed by atoms with Crippen LogP contribution in [0.5, 0.6) is 0 Å². The van der Waals surface area contributed by atoms with Gasteiger partial charge in [-0.15, -0.1) is 0 Å². The van der Waals surface area contributed by atoms with E-state index in [0.29, 0.717) is 0 Å². The lowest BCUT2D eigenvalue weighted by molar-refractivity contribution is 0.319. The minimum atomic E-state index is 0.150. The predicted octanol–water partition coefficient (Wildman–Crippen LogP) is 4.62. The van der Waals surface area contributed by atoms with Crippen molar-refractivity contribution in [1.29, 1.82) is 0 Å². The molecule has 0 saturated heterocycles. The summed E-state index contributed by atoms with van der Waals surface area (Å²) in [6.07, 6.45) is 7.99. The van der Waals surface area contributed by atoms with Gasteiger partial charge in [0.25, 0.3) is 0 Å². The van der Waals surface area contributed by atoms with Gasteiger partial charge in [0.05, 0.1) is 0 Å². The SMILES string of the molecule is Cc1ccc(Cl)cc1C(N)CC1CCCCC1. The van der Waals surface area contributed by atoms with Crippen LogP contribution in [0.1, 0.15) is 55.7 Å². The summed E-state index contributed by atoms with van der Waals surface area (Å²) in [4.78, 5) is 0. The average molecular weight is 252 g/mol. The lowest BCUT2D eigenvalue weighted by atomic mass is 9.83. The molecule has 1 aliphatic rings. The number of aryl methyl sites for hydroxylation is 1. The zero-order valence-corrected chi connectivity index (χ0v) is 11.3. The molecular weight excluding hydrogens is 230 g/mol. The number of nitrogens with two attached hydrogens (primary N) is 1. The molecule has 1 atom stereocenters. The third-order valence-corrected chi connectivity index (χ3v) is 4.19. The van der Waals surface area contributed by atoms with E-state index >= 15 is 0 Å². The molecule has 1 unspecified atom stereocenters. The summed E-state index contributed by atoms with van der Waals surface area (Å²) in [5.74, 6) is 0.817. The van der Waals surface area contributed by atoms with Crippen molar-refractivity contribution in [1.82, 2.24) is 0 Å². The van der Waals surface area contributed by atoms with Gasteiger partial charge in [-0.2, -0.15) is 0 Å². The summed E-state index contributed by atoms with van der Waals surface area (Å²) < 4.78 is 0. The standard InChI is InChI=1S/C15H22ClN/c1-11-7-8-13(16)10-14(11)15(17)9-12-5-3-2-4-6-12/h7-8,10,12,15H,2-6,9,17H2,1H3. The smallest absolute Gasteiger partial charge is 0.0409 e. The van der Waals surface area contributed by atoms with E-state index < -0.39 is 0 Å². The Morgan fingerprint density at radius 1 is 1.29 bits per heavy atom. The first kappa shape index (κ1) is 12.9. The van der Waals surface area contributed by atoms with Crippen LogP contribution < -0.4 is 5.73 Å². The van der Waals surface area contributed by atoms with Crippen LogP contribution in [0.3, 0.4) is 0 Å². The largest absolute Gasteiger partial charge is 0.324 e. The predicted molar refractivity (Wildman–Crippen MR) is 74.3 cm³/mol. The van der Waals surface area contributed by atoms with Gasteiger partial charge < -0.3 is 5.73 Å². The Labute approximate surface area is 109 Å². The minimum absolute atomic E-state index is 0.150. The van der Waals surface area contributed by atoms with Crippen molar-refractivity contribution in [2.24, 2.45) is 11.7 Å². The minimum Gasteiger partial charge on any atom is -0.324 e. The van der Waals surface area contributed by atoms with Crippen molar-refractivity contribution < 1.29 is 0 Å². The summed E-state index contributed by atoms with van der Waals surface area (Å²) in [6, 6.07) is 6.19. The fourth-order valence-corrected chi connectivity index (χ4v) is 3.10. The molecule has 0 heterocycles. The van der Waals surface area contributed by atoms with Gasteiger partial charge in [-0.3, -0.25) is 0 Å². The van der Waals surface area contributed by atoms with Crippen LogP contribution in [0, 0.1) is 12.8 Å². The van der Waals surface area contributed by atoms with Gasteiger partial charge in [0, 0.05) is 11.1 Å². The summed E-state index contributed by atoms with van der Waals surface area (Å²) in [5, 5.41) is 0.796. The normalized spacial score (nSPS) is 19.2. The van der Waals surface area contributed by atoms with Crippen molar-refractivity contribution in [2.75, 3.05) is 0 Å². The fraction of sp³-hybridized carbons (Fsp3) is 0.600. The molecule has 0 amide bonds. The van der Waals surface area contributed by atoms with E-state index in [9.17, 15) is 0 Å². The Hall–Kier alpha value is -0.530. The number of hydrogen-bond donors (Lipinski definition) is 1. The van der Waals surface area contributed by atoms with E-state index in [0.717, 1.165) is 17.4 Å². The van der Waals surface area contributed by atoms with Gasteiger partial charge >= 0.3 is 0 Å². The van der Waals surface area contributed by atoms with E-state index in [1.807, 2.05) is 12.1 Å². The average Bonchev–Trinajstić information content (AvgIpc) is 2.33. The second kappa shape index (κ2) is 5.88. The number of halogens is 1. The number of hydrogen-bond acceptors (Lipinski definition) is 1. The van der Waals surface area contributed by atoms with Crippen LogP contribution in [0.4, 0.5) is 0 Å². The number of benzene rings is 1. The molecule has 0 radical (unpaired) electrons. The first-order valence-electron chi connectivity index (χ1n) is 6.68. The van der Waals surface area contributed by atoms with Gasteiger partial charge in [-0.05, 0) is 42.5 Å². The quantitative estimate of drug-likeness (QED) is 0.834. The zero-order chi connectivity index (χ0) is 12.3. The number of rotatable bonds is 3. The topological polar surface area (TPSA) is 26.0 Å². The van der Waals surface area contributed by atoms with Crippen LogP contribution in [0.2, 0.25) is 5.02 Å². The van der Waals surface area contributed by atoms with Crippen molar-refractivity contribution in [3.8, 4) is 0 Å². The molecule has 17 heavy (non-hydrogen) atoms. The molecule has 0 aromatic heterocycles. The Morgan fingerprint density at radius 3 is 2.71 bits per heavy atom. The Balaban J connectivity index is 2.02. The molecule has 1 aliphatic carbocycles. The lowest BCUT2D eigenvalue weighted by Gasteiger charge is -2.25.